The first-order valence-corrected chi connectivity index (χ1v) is 11.4. The van der Waals surface area contributed by atoms with Crippen LogP contribution in [0.1, 0.15) is 24.8 Å². The van der Waals surface area contributed by atoms with Gasteiger partial charge in [-0.05, 0) is 36.7 Å². The fourth-order valence-corrected chi connectivity index (χ4v) is 5.81. The van der Waals surface area contributed by atoms with Crippen molar-refractivity contribution < 1.29 is 14.0 Å². The monoisotopic (exact) mass is 441 g/mol. The molecule has 4 rings (SSSR count). The van der Waals surface area contributed by atoms with E-state index < -0.39 is 12.2 Å². The highest BCUT2D eigenvalue weighted by molar-refractivity contribution is 5.79. The van der Waals surface area contributed by atoms with E-state index in [1.165, 1.54) is 10.5 Å². The van der Waals surface area contributed by atoms with E-state index >= 15 is 0 Å². The second-order valence-electron chi connectivity index (χ2n) is 9.83. The number of nitrogens with one attached hydrogen (secondary N) is 1. The SMILES string of the molecule is CN(C)C(=O)N1C[C@@H]2C[C@](Cc3ccccc3)(NCC(=O)N3C[C@@H](F)C[C@H]3C#N)C[C@@H]2C1. The maximum atomic E-state index is 13.8. The number of nitriles is 1. The van der Waals surface area contributed by atoms with E-state index in [4.69, 9.17) is 0 Å². The van der Waals surface area contributed by atoms with Crippen molar-refractivity contribution in [3.63, 3.8) is 0 Å². The molecule has 0 aromatic heterocycles. The number of nitrogens with zero attached hydrogens (tertiary/aromatic N) is 4. The number of halogens is 1. The first-order chi connectivity index (χ1) is 15.3. The molecule has 0 radical (unpaired) electrons. The molecule has 3 fully saturated rings. The molecule has 172 valence electrons. The summed E-state index contributed by atoms with van der Waals surface area (Å²) >= 11 is 0. The molecule has 7 nitrogen and oxygen atoms in total. The average Bonchev–Trinajstić information content (AvgIpc) is 3.43. The molecule has 5 atom stereocenters. The Morgan fingerprint density at radius 3 is 2.44 bits per heavy atom. The highest BCUT2D eigenvalue weighted by Gasteiger charge is 2.50. The lowest BCUT2D eigenvalue weighted by Crippen LogP contribution is -2.51. The number of rotatable bonds is 5. The molecule has 2 heterocycles. The van der Waals surface area contributed by atoms with Gasteiger partial charge in [0.2, 0.25) is 5.91 Å². The lowest BCUT2D eigenvalue weighted by molar-refractivity contribution is -0.130. The highest BCUT2D eigenvalue weighted by Crippen LogP contribution is 2.45. The van der Waals surface area contributed by atoms with Crippen LogP contribution in [0.4, 0.5) is 9.18 Å². The number of fused-ring (bicyclic) bond motifs is 1. The van der Waals surface area contributed by atoms with Crippen molar-refractivity contribution in [1.82, 2.24) is 20.0 Å². The Bertz CT molecular complexity index is 872. The van der Waals surface area contributed by atoms with Gasteiger partial charge in [-0.1, -0.05) is 30.3 Å². The summed E-state index contributed by atoms with van der Waals surface area (Å²) in [5, 5.41) is 12.8. The predicted octanol–water partition coefficient (Wildman–Crippen LogP) is 2.04. The van der Waals surface area contributed by atoms with Crippen molar-refractivity contribution in [3.05, 3.63) is 35.9 Å². The van der Waals surface area contributed by atoms with Crippen molar-refractivity contribution in [1.29, 1.82) is 5.26 Å². The summed E-state index contributed by atoms with van der Waals surface area (Å²) in [5.41, 5.74) is 0.949. The van der Waals surface area contributed by atoms with E-state index in [0.29, 0.717) is 11.8 Å². The van der Waals surface area contributed by atoms with Gasteiger partial charge in [-0.25, -0.2) is 9.18 Å². The predicted molar refractivity (Wildman–Crippen MR) is 118 cm³/mol. The minimum absolute atomic E-state index is 0.00270. The van der Waals surface area contributed by atoms with E-state index in [2.05, 4.69) is 23.5 Å². The Morgan fingerprint density at radius 1 is 1.19 bits per heavy atom. The molecule has 0 spiro atoms. The molecule has 1 N–H and O–H groups in total. The highest BCUT2D eigenvalue weighted by atomic mass is 19.1. The molecule has 2 aliphatic heterocycles. The molecule has 1 aromatic rings. The summed E-state index contributed by atoms with van der Waals surface area (Å²) in [6.07, 6.45) is 1.52. The topological polar surface area (TPSA) is 79.7 Å². The molecule has 3 amide bonds. The summed E-state index contributed by atoms with van der Waals surface area (Å²) in [4.78, 5) is 30.2. The van der Waals surface area contributed by atoms with Crippen LogP contribution in [-0.4, -0.2) is 84.7 Å². The summed E-state index contributed by atoms with van der Waals surface area (Å²) in [5.74, 6) is 0.559. The Kier molecular flexibility index (Phi) is 6.38. The molecule has 0 bridgehead atoms. The zero-order chi connectivity index (χ0) is 22.9. The molecular formula is C24H32FN5O2. The van der Waals surface area contributed by atoms with E-state index in [1.807, 2.05) is 23.1 Å². The van der Waals surface area contributed by atoms with Gasteiger partial charge >= 0.3 is 6.03 Å². The van der Waals surface area contributed by atoms with Crippen LogP contribution >= 0.6 is 0 Å². The van der Waals surface area contributed by atoms with Crippen LogP contribution in [0.15, 0.2) is 30.3 Å². The maximum absolute atomic E-state index is 13.8. The molecule has 1 saturated carbocycles. The van der Waals surface area contributed by atoms with Gasteiger partial charge in [-0.3, -0.25) is 4.79 Å². The Morgan fingerprint density at radius 2 is 1.84 bits per heavy atom. The van der Waals surface area contributed by atoms with Crippen molar-refractivity contribution >= 4 is 11.9 Å². The van der Waals surface area contributed by atoms with E-state index in [1.54, 1.807) is 19.0 Å². The number of amides is 3. The van der Waals surface area contributed by atoms with Crippen molar-refractivity contribution in [2.75, 3.05) is 40.3 Å². The maximum Gasteiger partial charge on any atom is 0.319 e. The Balaban J connectivity index is 1.46. The standard InChI is InChI=1S/C24H32FN5O2/c1-28(2)23(32)29-14-18-10-24(11-19(18)15-29,9-17-6-4-3-5-7-17)27-13-22(31)30-16-20(25)8-21(30)12-26/h3-7,18-21,27H,8-11,13-16H2,1-2H3/t18-,19+,20-,21-,24-/m0/s1. The average molecular weight is 442 g/mol. The largest absolute Gasteiger partial charge is 0.331 e. The van der Waals surface area contributed by atoms with E-state index in [-0.39, 0.29) is 37.0 Å². The van der Waals surface area contributed by atoms with Crippen molar-refractivity contribution in [3.8, 4) is 6.07 Å². The fourth-order valence-electron chi connectivity index (χ4n) is 5.81. The normalized spacial score (nSPS) is 31.4. The van der Waals surface area contributed by atoms with Gasteiger partial charge in [0.15, 0.2) is 0 Å². The number of likely N-dealkylation sites (tertiary alicyclic amines) is 2. The lowest BCUT2D eigenvalue weighted by atomic mass is 9.87. The van der Waals surface area contributed by atoms with Gasteiger partial charge in [-0.2, -0.15) is 5.26 Å². The molecule has 32 heavy (non-hydrogen) atoms. The third-order valence-corrected chi connectivity index (χ3v) is 7.25. The fraction of sp³-hybridized carbons (Fsp3) is 0.625. The molecule has 0 unspecified atom stereocenters. The second-order valence-corrected chi connectivity index (χ2v) is 9.83. The number of hydrogen-bond donors (Lipinski definition) is 1. The molecule has 3 aliphatic rings. The first-order valence-electron chi connectivity index (χ1n) is 11.4. The van der Waals surface area contributed by atoms with Crippen LogP contribution in [-0.2, 0) is 11.2 Å². The third-order valence-electron chi connectivity index (χ3n) is 7.25. The summed E-state index contributed by atoms with van der Waals surface area (Å²) in [7, 11) is 3.55. The van der Waals surface area contributed by atoms with Crippen LogP contribution in [0, 0.1) is 23.2 Å². The summed E-state index contributed by atoms with van der Waals surface area (Å²) < 4.78 is 13.8. The summed E-state index contributed by atoms with van der Waals surface area (Å²) in [6.45, 7) is 1.56. The lowest BCUT2D eigenvalue weighted by Gasteiger charge is -2.34. The van der Waals surface area contributed by atoms with E-state index in [9.17, 15) is 19.2 Å². The Labute approximate surface area is 189 Å². The summed E-state index contributed by atoms with van der Waals surface area (Å²) in [6, 6.07) is 11.6. The minimum atomic E-state index is -1.13. The minimum Gasteiger partial charge on any atom is -0.331 e. The zero-order valence-corrected chi connectivity index (χ0v) is 18.8. The number of hydrogen-bond acceptors (Lipinski definition) is 4. The number of carbonyl (C=O) groups excluding carboxylic acids is 2. The van der Waals surface area contributed by atoms with Gasteiger partial charge < -0.3 is 20.0 Å². The number of urea groups is 1. The molecule has 2 saturated heterocycles. The quantitative estimate of drug-likeness (QED) is 0.759. The smallest absolute Gasteiger partial charge is 0.319 e. The van der Waals surface area contributed by atoms with Crippen LogP contribution in [0.2, 0.25) is 0 Å². The first kappa shape index (κ1) is 22.5. The van der Waals surface area contributed by atoms with Gasteiger partial charge in [0, 0.05) is 39.1 Å². The number of alkyl halides is 1. The van der Waals surface area contributed by atoms with Gasteiger partial charge in [0.05, 0.1) is 19.2 Å². The molecule has 1 aromatic carbocycles. The van der Waals surface area contributed by atoms with Crippen LogP contribution in [0.3, 0.4) is 0 Å². The van der Waals surface area contributed by atoms with Crippen LogP contribution in [0.5, 0.6) is 0 Å². The number of carbonyl (C=O) groups is 2. The second kappa shape index (κ2) is 9.07. The van der Waals surface area contributed by atoms with Gasteiger partial charge in [0.1, 0.15) is 12.2 Å². The zero-order valence-electron chi connectivity index (χ0n) is 18.8. The number of benzene rings is 1. The van der Waals surface area contributed by atoms with Gasteiger partial charge in [0.25, 0.3) is 0 Å². The van der Waals surface area contributed by atoms with Crippen molar-refractivity contribution in [2.45, 2.75) is 43.4 Å². The van der Waals surface area contributed by atoms with Crippen LogP contribution < -0.4 is 5.32 Å². The molecule has 8 heteroatoms. The Hall–Kier alpha value is -2.66. The van der Waals surface area contributed by atoms with Crippen LogP contribution in [0.25, 0.3) is 0 Å². The van der Waals surface area contributed by atoms with E-state index in [0.717, 1.165) is 32.4 Å². The molecular weight excluding hydrogens is 409 g/mol. The van der Waals surface area contributed by atoms with Gasteiger partial charge in [-0.15, -0.1) is 0 Å². The van der Waals surface area contributed by atoms with Crippen molar-refractivity contribution in [2.24, 2.45) is 11.8 Å². The molecule has 1 aliphatic carbocycles. The third kappa shape index (κ3) is 4.58.